The lowest BCUT2D eigenvalue weighted by Gasteiger charge is -2.25. The fourth-order valence-electron chi connectivity index (χ4n) is 3.10. The number of benzene rings is 1. The summed E-state index contributed by atoms with van der Waals surface area (Å²) in [6.07, 6.45) is 5.35. The van der Waals surface area contributed by atoms with Gasteiger partial charge in [0.25, 0.3) is 0 Å². The summed E-state index contributed by atoms with van der Waals surface area (Å²) in [5, 5.41) is 6.69. The molecule has 20 heavy (non-hydrogen) atoms. The first-order chi connectivity index (χ1) is 9.74. The SMILES string of the molecule is Cc1ccc(Cl)c(NC(c2cccs2)C2CCCC2)c1. The highest BCUT2D eigenvalue weighted by Gasteiger charge is 2.27. The molecule has 2 aromatic rings. The van der Waals surface area contributed by atoms with Gasteiger partial charge in [-0.05, 0) is 54.8 Å². The number of halogens is 1. The number of hydrogen-bond acceptors (Lipinski definition) is 2. The fourth-order valence-corrected chi connectivity index (χ4v) is 4.14. The molecule has 106 valence electrons. The summed E-state index contributed by atoms with van der Waals surface area (Å²) < 4.78 is 0. The van der Waals surface area contributed by atoms with E-state index in [4.69, 9.17) is 11.6 Å². The lowest BCUT2D eigenvalue weighted by atomic mass is 9.96. The average Bonchev–Trinajstić information content (AvgIpc) is 3.12. The molecular formula is C17H20ClNS. The Balaban J connectivity index is 1.88. The lowest BCUT2D eigenvalue weighted by molar-refractivity contribution is 0.475. The quantitative estimate of drug-likeness (QED) is 0.724. The first-order valence-electron chi connectivity index (χ1n) is 7.30. The van der Waals surface area contributed by atoms with Crippen molar-refractivity contribution in [2.24, 2.45) is 5.92 Å². The van der Waals surface area contributed by atoms with Gasteiger partial charge in [0.1, 0.15) is 0 Å². The molecule has 3 heteroatoms. The molecule has 1 heterocycles. The molecule has 0 amide bonds. The Bertz CT molecular complexity index is 558. The van der Waals surface area contributed by atoms with Gasteiger partial charge in [-0.3, -0.25) is 0 Å². The molecule has 1 atom stereocenters. The van der Waals surface area contributed by atoms with Crippen LogP contribution in [0.4, 0.5) is 5.69 Å². The van der Waals surface area contributed by atoms with Crippen LogP contribution in [0.2, 0.25) is 5.02 Å². The van der Waals surface area contributed by atoms with Gasteiger partial charge in [0, 0.05) is 4.88 Å². The van der Waals surface area contributed by atoms with Crippen LogP contribution >= 0.6 is 22.9 Å². The molecule has 0 bridgehead atoms. The van der Waals surface area contributed by atoms with Crippen LogP contribution in [0.15, 0.2) is 35.7 Å². The molecule has 1 saturated carbocycles. The first kappa shape index (κ1) is 14.0. The van der Waals surface area contributed by atoms with Crippen LogP contribution in [0.3, 0.4) is 0 Å². The monoisotopic (exact) mass is 305 g/mol. The van der Waals surface area contributed by atoms with Crippen molar-refractivity contribution in [1.29, 1.82) is 0 Å². The Morgan fingerprint density at radius 1 is 1.25 bits per heavy atom. The molecule has 0 spiro atoms. The molecule has 1 N–H and O–H groups in total. The van der Waals surface area contributed by atoms with E-state index in [1.807, 2.05) is 17.4 Å². The normalized spacial score (nSPS) is 17.3. The predicted molar refractivity (Wildman–Crippen MR) is 88.8 cm³/mol. The van der Waals surface area contributed by atoms with Crippen molar-refractivity contribution in [3.8, 4) is 0 Å². The Kier molecular flexibility index (Phi) is 4.32. The van der Waals surface area contributed by atoms with Gasteiger partial charge in [0.15, 0.2) is 0 Å². The summed E-state index contributed by atoms with van der Waals surface area (Å²) in [6.45, 7) is 2.11. The van der Waals surface area contributed by atoms with Gasteiger partial charge in [-0.15, -0.1) is 11.3 Å². The number of nitrogens with one attached hydrogen (secondary N) is 1. The molecule has 0 aliphatic heterocycles. The van der Waals surface area contributed by atoms with Gasteiger partial charge in [0.05, 0.1) is 16.8 Å². The zero-order valence-electron chi connectivity index (χ0n) is 11.7. The zero-order chi connectivity index (χ0) is 13.9. The van der Waals surface area contributed by atoms with Crippen molar-refractivity contribution in [3.63, 3.8) is 0 Å². The van der Waals surface area contributed by atoms with E-state index in [9.17, 15) is 0 Å². The van der Waals surface area contributed by atoms with Crippen molar-refractivity contribution >= 4 is 28.6 Å². The largest absolute Gasteiger partial charge is 0.376 e. The Morgan fingerprint density at radius 3 is 2.75 bits per heavy atom. The smallest absolute Gasteiger partial charge is 0.0637 e. The third-order valence-electron chi connectivity index (χ3n) is 4.15. The highest BCUT2D eigenvalue weighted by Crippen LogP contribution is 2.40. The van der Waals surface area contributed by atoms with Gasteiger partial charge in [-0.25, -0.2) is 0 Å². The van der Waals surface area contributed by atoms with Crippen LogP contribution in [0.5, 0.6) is 0 Å². The molecule has 1 aromatic heterocycles. The van der Waals surface area contributed by atoms with E-state index in [1.165, 1.54) is 36.1 Å². The Hall–Kier alpha value is -0.990. The molecule has 1 aromatic carbocycles. The Labute approximate surface area is 130 Å². The van der Waals surface area contributed by atoms with Crippen molar-refractivity contribution in [2.45, 2.75) is 38.6 Å². The topological polar surface area (TPSA) is 12.0 Å². The van der Waals surface area contributed by atoms with Crippen molar-refractivity contribution in [1.82, 2.24) is 0 Å². The second kappa shape index (κ2) is 6.19. The predicted octanol–water partition coefficient (Wildman–Crippen LogP) is 6.05. The van der Waals surface area contributed by atoms with Crippen molar-refractivity contribution in [3.05, 3.63) is 51.2 Å². The van der Waals surface area contributed by atoms with E-state index < -0.39 is 0 Å². The summed E-state index contributed by atoms with van der Waals surface area (Å²) in [4.78, 5) is 1.43. The van der Waals surface area contributed by atoms with E-state index in [1.54, 1.807) is 0 Å². The molecule has 0 saturated heterocycles. The zero-order valence-corrected chi connectivity index (χ0v) is 13.3. The third-order valence-corrected chi connectivity index (χ3v) is 5.44. The van der Waals surface area contributed by atoms with Crippen LogP contribution < -0.4 is 5.32 Å². The standard InChI is InChI=1S/C17H20ClNS/c1-12-8-9-14(18)15(11-12)19-17(13-5-2-3-6-13)16-7-4-10-20-16/h4,7-11,13,17,19H,2-3,5-6H2,1H3. The second-order valence-electron chi connectivity index (χ2n) is 5.67. The van der Waals surface area contributed by atoms with Crippen LogP contribution in [-0.2, 0) is 0 Å². The molecule has 0 radical (unpaired) electrons. The fraction of sp³-hybridized carbons (Fsp3) is 0.412. The summed E-state index contributed by atoms with van der Waals surface area (Å²) in [7, 11) is 0. The van der Waals surface area contributed by atoms with Crippen molar-refractivity contribution < 1.29 is 0 Å². The van der Waals surface area contributed by atoms with E-state index >= 15 is 0 Å². The van der Waals surface area contributed by atoms with Crippen molar-refractivity contribution in [2.75, 3.05) is 5.32 Å². The highest BCUT2D eigenvalue weighted by molar-refractivity contribution is 7.10. The van der Waals surface area contributed by atoms with Gasteiger partial charge in [-0.1, -0.05) is 36.6 Å². The van der Waals surface area contributed by atoms with Gasteiger partial charge in [0.2, 0.25) is 0 Å². The van der Waals surface area contributed by atoms with Gasteiger partial charge < -0.3 is 5.32 Å². The maximum atomic E-state index is 6.35. The van der Waals surface area contributed by atoms with E-state index in [0.29, 0.717) is 6.04 Å². The van der Waals surface area contributed by atoms with E-state index in [2.05, 4.69) is 41.9 Å². The molecule has 1 nitrogen and oxygen atoms in total. The van der Waals surface area contributed by atoms with Crippen LogP contribution in [0, 0.1) is 12.8 Å². The van der Waals surface area contributed by atoms with Gasteiger partial charge in [-0.2, -0.15) is 0 Å². The first-order valence-corrected chi connectivity index (χ1v) is 8.56. The minimum Gasteiger partial charge on any atom is -0.376 e. The maximum Gasteiger partial charge on any atom is 0.0637 e. The summed E-state index contributed by atoms with van der Waals surface area (Å²) in [5.74, 6) is 0.727. The molecular weight excluding hydrogens is 286 g/mol. The summed E-state index contributed by atoms with van der Waals surface area (Å²) in [6, 6.07) is 11.0. The number of aryl methyl sites for hydroxylation is 1. The number of rotatable bonds is 4. The third kappa shape index (κ3) is 3.02. The minimum absolute atomic E-state index is 0.400. The molecule has 1 unspecified atom stereocenters. The summed E-state index contributed by atoms with van der Waals surface area (Å²) >= 11 is 8.19. The summed E-state index contributed by atoms with van der Waals surface area (Å²) in [5.41, 5.74) is 2.31. The highest BCUT2D eigenvalue weighted by atomic mass is 35.5. The molecule has 1 aliphatic carbocycles. The number of thiophene rings is 1. The second-order valence-corrected chi connectivity index (χ2v) is 7.05. The number of anilines is 1. The maximum absolute atomic E-state index is 6.35. The average molecular weight is 306 g/mol. The Morgan fingerprint density at radius 2 is 2.05 bits per heavy atom. The van der Waals surface area contributed by atoms with Crippen LogP contribution in [-0.4, -0.2) is 0 Å². The molecule has 1 aliphatic rings. The lowest BCUT2D eigenvalue weighted by Crippen LogP contribution is -2.18. The molecule has 3 rings (SSSR count). The van der Waals surface area contributed by atoms with Crippen LogP contribution in [0.1, 0.15) is 42.2 Å². The van der Waals surface area contributed by atoms with E-state index in [-0.39, 0.29) is 0 Å². The van der Waals surface area contributed by atoms with E-state index in [0.717, 1.165) is 16.6 Å². The minimum atomic E-state index is 0.400. The van der Waals surface area contributed by atoms with Gasteiger partial charge >= 0.3 is 0 Å². The van der Waals surface area contributed by atoms with Crippen LogP contribution in [0.25, 0.3) is 0 Å². The number of hydrogen-bond donors (Lipinski definition) is 1. The molecule has 1 fully saturated rings.